The van der Waals surface area contributed by atoms with Gasteiger partial charge in [0.1, 0.15) is 5.82 Å². The molecule has 1 unspecified atom stereocenters. The van der Waals surface area contributed by atoms with E-state index in [1.54, 1.807) is 6.07 Å². The Labute approximate surface area is 86.3 Å². The van der Waals surface area contributed by atoms with Crippen LogP contribution >= 0.6 is 15.9 Å². The van der Waals surface area contributed by atoms with E-state index in [-0.39, 0.29) is 11.9 Å². The fraction of sp³-hybridized carbons (Fsp3) is 0.400. The van der Waals surface area contributed by atoms with Crippen molar-refractivity contribution in [2.24, 2.45) is 5.73 Å². The highest BCUT2D eigenvalue weighted by Crippen LogP contribution is 2.19. The van der Waals surface area contributed by atoms with Crippen LogP contribution in [0.4, 0.5) is 4.39 Å². The lowest BCUT2D eigenvalue weighted by Crippen LogP contribution is -2.21. The molecule has 1 atom stereocenters. The van der Waals surface area contributed by atoms with Crippen LogP contribution in [0.3, 0.4) is 0 Å². The molecule has 13 heavy (non-hydrogen) atoms. The summed E-state index contributed by atoms with van der Waals surface area (Å²) < 4.78 is 13.5. The molecule has 0 saturated heterocycles. The van der Waals surface area contributed by atoms with Crippen molar-refractivity contribution < 1.29 is 4.39 Å². The topological polar surface area (TPSA) is 26.0 Å². The summed E-state index contributed by atoms with van der Waals surface area (Å²) in [6, 6.07) is 4.86. The van der Waals surface area contributed by atoms with E-state index in [2.05, 4.69) is 15.9 Å². The van der Waals surface area contributed by atoms with Crippen molar-refractivity contribution >= 4 is 15.9 Å². The van der Waals surface area contributed by atoms with E-state index in [1.165, 1.54) is 12.1 Å². The highest BCUT2D eigenvalue weighted by Gasteiger charge is 2.05. The summed E-state index contributed by atoms with van der Waals surface area (Å²) in [5.74, 6) is -0.222. The van der Waals surface area contributed by atoms with Gasteiger partial charge >= 0.3 is 0 Å². The first-order chi connectivity index (χ1) is 6.13. The van der Waals surface area contributed by atoms with Gasteiger partial charge in [0.2, 0.25) is 0 Å². The Hall–Kier alpha value is -0.410. The fourth-order valence-electron chi connectivity index (χ4n) is 1.11. The van der Waals surface area contributed by atoms with Gasteiger partial charge in [-0.15, -0.1) is 0 Å². The van der Waals surface area contributed by atoms with Crippen LogP contribution in [0.2, 0.25) is 0 Å². The molecule has 0 aromatic heterocycles. The highest BCUT2D eigenvalue weighted by molar-refractivity contribution is 9.10. The Balaban J connectivity index is 2.77. The quantitative estimate of drug-likeness (QED) is 0.871. The molecule has 2 N–H and O–H groups in total. The molecule has 72 valence electrons. The van der Waals surface area contributed by atoms with Crippen LogP contribution < -0.4 is 5.73 Å². The number of hydrogen-bond acceptors (Lipinski definition) is 1. The van der Waals surface area contributed by atoms with Gasteiger partial charge < -0.3 is 5.73 Å². The lowest BCUT2D eigenvalue weighted by atomic mass is 10.1. The molecule has 0 saturated carbocycles. The second kappa shape index (κ2) is 4.72. The average Bonchev–Trinajstić information content (AvgIpc) is 2.09. The molecule has 0 heterocycles. The van der Waals surface area contributed by atoms with Crippen LogP contribution in [0, 0.1) is 5.82 Å². The van der Waals surface area contributed by atoms with Crippen molar-refractivity contribution in [3.05, 3.63) is 34.1 Å². The Morgan fingerprint density at radius 2 is 2.23 bits per heavy atom. The summed E-state index contributed by atoms with van der Waals surface area (Å²) in [5, 5.41) is 0. The lowest BCUT2D eigenvalue weighted by molar-refractivity contribution is 0.619. The molecule has 0 fully saturated rings. The van der Waals surface area contributed by atoms with Gasteiger partial charge in [-0.25, -0.2) is 4.39 Å². The van der Waals surface area contributed by atoms with Crippen LogP contribution in [-0.4, -0.2) is 6.04 Å². The van der Waals surface area contributed by atoms with E-state index in [0.29, 0.717) is 0 Å². The maximum absolute atomic E-state index is 12.7. The Bertz CT molecular complexity index is 288. The molecule has 0 aliphatic carbocycles. The normalized spacial score (nSPS) is 12.9. The molecule has 1 rings (SSSR count). The minimum absolute atomic E-state index is 0.154. The van der Waals surface area contributed by atoms with E-state index < -0.39 is 0 Å². The number of hydrogen-bond donors (Lipinski definition) is 1. The summed E-state index contributed by atoms with van der Waals surface area (Å²) in [4.78, 5) is 0. The van der Waals surface area contributed by atoms with Gasteiger partial charge in [0, 0.05) is 10.5 Å². The number of nitrogens with two attached hydrogens (primary N) is 1. The molecule has 0 aliphatic heterocycles. The zero-order valence-electron chi connectivity index (χ0n) is 7.56. The van der Waals surface area contributed by atoms with Gasteiger partial charge in [-0.1, -0.05) is 28.9 Å². The average molecular weight is 246 g/mol. The summed E-state index contributed by atoms with van der Waals surface area (Å²) in [6.07, 6.45) is 1.72. The van der Waals surface area contributed by atoms with Crippen molar-refractivity contribution in [2.75, 3.05) is 0 Å². The third-order valence-corrected chi connectivity index (χ3v) is 2.76. The van der Waals surface area contributed by atoms with E-state index in [1.807, 2.05) is 6.92 Å². The van der Waals surface area contributed by atoms with Crippen LogP contribution in [-0.2, 0) is 6.42 Å². The summed E-state index contributed by atoms with van der Waals surface area (Å²) in [7, 11) is 0. The fourth-order valence-corrected chi connectivity index (χ4v) is 1.63. The Morgan fingerprint density at radius 1 is 1.54 bits per heavy atom. The summed E-state index contributed by atoms with van der Waals surface area (Å²) in [5.41, 5.74) is 6.86. The molecular formula is C10H13BrFN. The maximum Gasteiger partial charge on any atom is 0.124 e. The van der Waals surface area contributed by atoms with Crippen molar-refractivity contribution in [3.8, 4) is 0 Å². The molecule has 1 nitrogen and oxygen atoms in total. The zero-order chi connectivity index (χ0) is 9.84. The van der Waals surface area contributed by atoms with Gasteiger partial charge in [-0.05, 0) is 30.5 Å². The molecule has 1 aromatic carbocycles. The third-order valence-electron chi connectivity index (χ3n) is 2.02. The largest absolute Gasteiger partial charge is 0.327 e. The van der Waals surface area contributed by atoms with Crippen LogP contribution in [0.1, 0.15) is 18.9 Å². The lowest BCUT2D eigenvalue weighted by Gasteiger charge is -2.09. The second-order valence-electron chi connectivity index (χ2n) is 3.11. The monoisotopic (exact) mass is 245 g/mol. The van der Waals surface area contributed by atoms with E-state index in [0.717, 1.165) is 22.9 Å². The molecule has 0 spiro atoms. The van der Waals surface area contributed by atoms with Gasteiger partial charge in [0.25, 0.3) is 0 Å². The minimum atomic E-state index is -0.222. The molecule has 1 aromatic rings. The first-order valence-electron chi connectivity index (χ1n) is 4.33. The van der Waals surface area contributed by atoms with Crippen LogP contribution in [0.5, 0.6) is 0 Å². The van der Waals surface area contributed by atoms with Crippen LogP contribution in [0.15, 0.2) is 22.7 Å². The Morgan fingerprint density at radius 3 is 2.77 bits per heavy atom. The summed E-state index contributed by atoms with van der Waals surface area (Å²) >= 11 is 3.31. The van der Waals surface area contributed by atoms with Crippen molar-refractivity contribution in [3.63, 3.8) is 0 Å². The molecule has 0 amide bonds. The predicted molar refractivity (Wildman–Crippen MR) is 56.1 cm³/mol. The number of rotatable bonds is 3. The van der Waals surface area contributed by atoms with Crippen molar-refractivity contribution in [1.82, 2.24) is 0 Å². The number of benzene rings is 1. The molecule has 0 bridgehead atoms. The second-order valence-corrected chi connectivity index (χ2v) is 3.96. The summed E-state index contributed by atoms with van der Waals surface area (Å²) in [6.45, 7) is 2.04. The SMILES string of the molecule is CCC(N)Cc1ccc(F)cc1Br. The zero-order valence-corrected chi connectivity index (χ0v) is 9.14. The van der Waals surface area contributed by atoms with Crippen molar-refractivity contribution in [2.45, 2.75) is 25.8 Å². The number of halogens is 2. The standard InChI is InChI=1S/C10H13BrFN/c1-2-9(13)5-7-3-4-8(12)6-10(7)11/h3-4,6,9H,2,5,13H2,1H3. The van der Waals surface area contributed by atoms with E-state index >= 15 is 0 Å². The van der Waals surface area contributed by atoms with Crippen molar-refractivity contribution in [1.29, 1.82) is 0 Å². The first-order valence-corrected chi connectivity index (χ1v) is 5.12. The highest BCUT2D eigenvalue weighted by atomic mass is 79.9. The van der Waals surface area contributed by atoms with E-state index in [9.17, 15) is 4.39 Å². The van der Waals surface area contributed by atoms with Gasteiger partial charge in [-0.2, -0.15) is 0 Å². The Kier molecular flexibility index (Phi) is 3.88. The van der Waals surface area contributed by atoms with Gasteiger partial charge in [-0.3, -0.25) is 0 Å². The smallest absolute Gasteiger partial charge is 0.124 e. The molecular weight excluding hydrogens is 233 g/mol. The molecule has 3 heteroatoms. The molecule has 0 radical (unpaired) electrons. The van der Waals surface area contributed by atoms with Gasteiger partial charge in [0.05, 0.1) is 0 Å². The minimum Gasteiger partial charge on any atom is -0.327 e. The van der Waals surface area contributed by atoms with E-state index in [4.69, 9.17) is 5.73 Å². The first kappa shape index (κ1) is 10.7. The van der Waals surface area contributed by atoms with Crippen LogP contribution in [0.25, 0.3) is 0 Å². The van der Waals surface area contributed by atoms with Gasteiger partial charge in [0.15, 0.2) is 0 Å². The molecule has 0 aliphatic rings. The predicted octanol–water partition coefficient (Wildman–Crippen LogP) is 2.87. The maximum atomic E-state index is 12.7. The third kappa shape index (κ3) is 3.08.